The van der Waals surface area contributed by atoms with Crippen molar-refractivity contribution in [1.29, 1.82) is 0 Å². The number of aliphatic carboxylic acids is 1. The number of rotatable bonds is 6. The second kappa shape index (κ2) is 5.46. The highest BCUT2D eigenvalue weighted by Gasteiger charge is 2.28. The number of nitrogens with one attached hydrogen (secondary N) is 1. The zero-order chi connectivity index (χ0) is 11.4. The van der Waals surface area contributed by atoms with Gasteiger partial charge >= 0.3 is 5.97 Å². The Morgan fingerprint density at radius 2 is 2.07 bits per heavy atom. The van der Waals surface area contributed by atoms with E-state index in [1.165, 1.54) is 0 Å². The highest BCUT2D eigenvalue weighted by molar-refractivity contribution is 7.56. The maximum atomic E-state index is 11.4. The van der Waals surface area contributed by atoms with Gasteiger partial charge in [-0.2, -0.15) is 0 Å². The summed E-state index contributed by atoms with van der Waals surface area (Å²) in [4.78, 5) is 19.5. The van der Waals surface area contributed by atoms with Crippen molar-refractivity contribution in [1.82, 2.24) is 5.09 Å². The van der Waals surface area contributed by atoms with Gasteiger partial charge in [0.15, 0.2) is 0 Å². The number of hydrogen-bond donors (Lipinski definition) is 4. The molecular formula is C7H17N2O4P. The van der Waals surface area contributed by atoms with Gasteiger partial charge in [-0.15, -0.1) is 0 Å². The van der Waals surface area contributed by atoms with Crippen molar-refractivity contribution >= 4 is 13.5 Å². The molecule has 0 aromatic rings. The van der Waals surface area contributed by atoms with Crippen molar-refractivity contribution in [2.75, 3.05) is 6.54 Å². The minimum absolute atomic E-state index is 0.192. The average molecular weight is 224 g/mol. The Bertz CT molecular complexity index is 244. The van der Waals surface area contributed by atoms with Gasteiger partial charge in [-0.3, -0.25) is 9.36 Å². The molecule has 5 N–H and O–H groups in total. The molecule has 0 aliphatic rings. The van der Waals surface area contributed by atoms with Crippen LogP contribution in [0.25, 0.3) is 0 Å². The Morgan fingerprint density at radius 3 is 2.43 bits per heavy atom. The van der Waals surface area contributed by atoms with Crippen LogP contribution in [0.3, 0.4) is 0 Å². The second-order valence-electron chi connectivity index (χ2n) is 3.55. The fourth-order valence-electron chi connectivity index (χ4n) is 0.924. The molecule has 0 spiro atoms. The Balaban J connectivity index is 4.16. The molecule has 0 aromatic carbocycles. The molecule has 0 aliphatic carbocycles. The summed E-state index contributed by atoms with van der Waals surface area (Å²) in [5, 5.41) is 10.4. The highest BCUT2D eigenvalue weighted by Crippen LogP contribution is 2.41. The van der Waals surface area contributed by atoms with Crippen molar-refractivity contribution in [3.63, 3.8) is 0 Å². The van der Waals surface area contributed by atoms with Crippen LogP contribution in [0.1, 0.15) is 20.3 Å². The minimum atomic E-state index is -3.74. The van der Waals surface area contributed by atoms with Crippen LogP contribution in [0.4, 0.5) is 0 Å². The highest BCUT2D eigenvalue weighted by atomic mass is 31.2. The Hall–Kier alpha value is -0.420. The van der Waals surface area contributed by atoms with Crippen molar-refractivity contribution in [2.45, 2.75) is 26.1 Å². The molecule has 0 amide bonds. The molecule has 7 heteroatoms. The number of nitrogens with two attached hydrogens (primary N) is 1. The van der Waals surface area contributed by atoms with E-state index in [0.29, 0.717) is 6.42 Å². The predicted molar refractivity (Wildman–Crippen MR) is 52.9 cm³/mol. The van der Waals surface area contributed by atoms with E-state index in [1.807, 2.05) is 13.8 Å². The lowest BCUT2D eigenvalue weighted by Gasteiger charge is -2.20. The van der Waals surface area contributed by atoms with Crippen LogP contribution in [0.15, 0.2) is 0 Å². The largest absolute Gasteiger partial charge is 0.480 e. The molecule has 0 saturated carbocycles. The van der Waals surface area contributed by atoms with Crippen LogP contribution in [0, 0.1) is 5.92 Å². The topological polar surface area (TPSA) is 113 Å². The summed E-state index contributed by atoms with van der Waals surface area (Å²) in [6.45, 7) is 3.19. The van der Waals surface area contributed by atoms with Crippen molar-refractivity contribution in [3.05, 3.63) is 0 Å². The first-order chi connectivity index (χ1) is 6.25. The van der Waals surface area contributed by atoms with Gasteiger partial charge in [0.2, 0.25) is 0 Å². The van der Waals surface area contributed by atoms with Crippen LogP contribution in [0.5, 0.6) is 0 Å². The van der Waals surface area contributed by atoms with Crippen molar-refractivity contribution < 1.29 is 19.4 Å². The lowest BCUT2D eigenvalue weighted by atomic mass is 10.1. The Kier molecular flexibility index (Phi) is 5.29. The summed E-state index contributed by atoms with van der Waals surface area (Å²) < 4.78 is 11.4. The smallest absolute Gasteiger partial charge is 0.317 e. The molecule has 6 nitrogen and oxygen atoms in total. The number of carboxylic acids is 1. The number of carbonyl (C=O) groups is 1. The summed E-state index contributed by atoms with van der Waals surface area (Å²) in [5.74, 6) is -1.91. The van der Waals surface area contributed by atoms with Gasteiger partial charge < -0.3 is 15.7 Å². The zero-order valence-electron chi connectivity index (χ0n) is 8.30. The van der Waals surface area contributed by atoms with E-state index in [2.05, 4.69) is 5.09 Å². The monoisotopic (exact) mass is 224 g/mol. The summed E-state index contributed by atoms with van der Waals surface area (Å²) in [6.07, 6.45) is 0.375. The third-order valence-electron chi connectivity index (χ3n) is 1.62. The fourth-order valence-corrected chi connectivity index (χ4v) is 2.23. The van der Waals surface area contributed by atoms with Crippen LogP contribution < -0.4 is 10.8 Å². The number of hydrogen-bond acceptors (Lipinski definition) is 3. The first kappa shape index (κ1) is 13.6. The van der Waals surface area contributed by atoms with Gasteiger partial charge in [-0.1, -0.05) is 13.8 Å². The second-order valence-corrected chi connectivity index (χ2v) is 5.77. The van der Waals surface area contributed by atoms with E-state index >= 15 is 0 Å². The minimum Gasteiger partial charge on any atom is -0.480 e. The molecule has 14 heavy (non-hydrogen) atoms. The van der Waals surface area contributed by atoms with Gasteiger partial charge in [-0.25, -0.2) is 5.09 Å². The molecule has 0 heterocycles. The standard InChI is InChI=1S/C7H17N2O4P/c1-5(2)3-6(8)14(12,13)9-4-7(10)11/h5-6H,3-4,8H2,1-2H3,(H,10,11)(H2,9,12,13)/t6-/m1/s1. The van der Waals surface area contributed by atoms with E-state index in [9.17, 15) is 14.3 Å². The quantitative estimate of drug-likeness (QED) is 0.478. The molecular weight excluding hydrogens is 207 g/mol. The third-order valence-corrected chi connectivity index (χ3v) is 3.34. The maximum absolute atomic E-state index is 11.4. The molecule has 0 aliphatic heterocycles. The van der Waals surface area contributed by atoms with Gasteiger partial charge in [-0.05, 0) is 12.3 Å². The van der Waals surface area contributed by atoms with Gasteiger partial charge in [0, 0.05) is 0 Å². The average Bonchev–Trinajstić information content (AvgIpc) is 1.99. The van der Waals surface area contributed by atoms with E-state index in [1.54, 1.807) is 0 Å². The lowest BCUT2D eigenvalue weighted by molar-refractivity contribution is -0.135. The van der Waals surface area contributed by atoms with Crippen molar-refractivity contribution in [3.8, 4) is 0 Å². The van der Waals surface area contributed by atoms with Gasteiger partial charge in [0.1, 0.15) is 6.54 Å². The summed E-state index contributed by atoms with van der Waals surface area (Å²) in [6, 6.07) is 0. The first-order valence-electron chi connectivity index (χ1n) is 4.30. The van der Waals surface area contributed by atoms with Crippen molar-refractivity contribution in [2.24, 2.45) is 11.7 Å². The lowest BCUT2D eigenvalue weighted by Crippen LogP contribution is -2.31. The first-order valence-corrected chi connectivity index (χ1v) is 6.03. The van der Waals surface area contributed by atoms with Gasteiger partial charge in [0.25, 0.3) is 7.52 Å². The SMILES string of the molecule is CC(C)C[C@H](N)P(=O)(O)NCC(=O)O. The molecule has 2 atom stereocenters. The molecule has 0 saturated heterocycles. The summed E-state index contributed by atoms with van der Waals surface area (Å²) >= 11 is 0. The molecule has 0 radical (unpaired) electrons. The normalized spacial score (nSPS) is 17.8. The number of carboxylic acid groups (broad SMARTS) is 1. The molecule has 0 bridgehead atoms. The van der Waals surface area contributed by atoms with E-state index in [-0.39, 0.29) is 5.92 Å². The molecule has 1 unspecified atom stereocenters. The zero-order valence-corrected chi connectivity index (χ0v) is 9.20. The van der Waals surface area contributed by atoms with Crippen LogP contribution in [-0.4, -0.2) is 28.3 Å². The summed E-state index contributed by atoms with van der Waals surface area (Å²) in [5.41, 5.74) is 5.47. The molecule has 0 fully saturated rings. The predicted octanol–water partition coefficient (Wildman–Crippen LogP) is 0.177. The van der Waals surface area contributed by atoms with Crippen LogP contribution >= 0.6 is 7.52 Å². The Labute approximate surface area is 83.0 Å². The molecule has 0 aromatic heterocycles. The molecule has 0 rings (SSSR count). The van der Waals surface area contributed by atoms with Crippen LogP contribution in [-0.2, 0) is 9.36 Å². The van der Waals surface area contributed by atoms with E-state index in [4.69, 9.17) is 10.8 Å². The van der Waals surface area contributed by atoms with E-state index in [0.717, 1.165) is 0 Å². The molecule has 84 valence electrons. The van der Waals surface area contributed by atoms with Crippen LogP contribution in [0.2, 0.25) is 0 Å². The third kappa shape index (κ3) is 5.34. The van der Waals surface area contributed by atoms with E-state index < -0.39 is 25.8 Å². The summed E-state index contributed by atoms with van der Waals surface area (Å²) in [7, 11) is -3.74. The van der Waals surface area contributed by atoms with Gasteiger partial charge in [0.05, 0.1) is 5.78 Å². The fraction of sp³-hybridized carbons (Fsp3) is 0.857. The maximum Gasteiger partial charge on any atom is 0.317 e. The Morgan fingerprint density at radius 1 is 1.57 bits per heavy atom.